The Balaban J connectivity index is 1.49. The minimum Gasteiger partial charge on any atom is -0.379 e. The van der Waals surface area contributed by atoms with Crippen molar-refractivity contribution in [3.63, 3.8) is 0 Å². The lowest BCUT2D eigenvalue weighted by Gasteiger charge is -2.32. The van der Waals surface area contributed by atoms with Crippen LogP contribution in [0.4, 0.5) is 5.69 Å². The van der Waals surface area contributed by atoms with Crippen molar-refractivity contribution >= 4 is 11.6 Å². The van der Waals surface area contributed by atoms with Crippen LogP contribution in [0.5, 0.6) is 0 Å². The van der Waals surface area contributed by atoms with Gasteiger partial charge in [-0.1, -0.05) is 18.2 Å². The Labute approximate surface area is 157 Å². The predicted octanol–water partition coefficient (Wildman–Crippen LogP) is 1.49. The average Bonchev–Trinajstić information content (AvgIpc) is 3.19. The van der Waals surface area contributed by atoms with Crippen LogP contribution in [0, 0.1) is 0 Å². The molecule has 1 N–H and O–H groups in total. The van der Waals surface area contributed by atoms with Crippen LogP contribution in [-0.2, 0) is 4.74 Å². The molecule has 2 saturated heterocycles. The second-order valence-corrected chi connectivity index (χ2v) is 7.26. The monoisotopic (exact) mass is 359 g/mol. The van der Waals surface area contributed by atoms with Gasteiger partial charge < -0.3 is 19.9 Å². The Hall–Kier alpha value is -1.79. The Morgan fingerprint density at radius 1 is 1.27 bits per heavy atom. The third-order valence-electron chi connectivity index (χ3n) is 5.62. The minimum atomic E-state index is 0.381. The van der Waals surface area contributed by atoms with E-state index in [0.717, 1.165) is 51.9 Å². The first-order chi connectivity index (χ1) is 12.7. The Kier molecular flexibility index (Phi) is 6.74. The van der Waals surface area contributed by atoms with Crippen LogP contribution in [0.3, 0.4) is 0 Å². The maximum absolute atomic E-state index is 5.48. The molecular formula is C20H33N5O. The van der Waals surface area contributed by atoms with Gasteiger partial charge in [-0.15, -0.1) is 0 Å². The summed E-state index contributed by atoms with van der Waals surface area (Å²) in [5.41, 5.74) is 1.24. The summed E-state index contributed by atoms with van der Waals surface area (Å²) in [5.74, 6) is 1.02. The summed E-state index contributed by atoms with van der Waals surface area (Å²) < 4.78 is 5.48. The van der Waals surface area contributed by atoms with E-state index in [4.69, 9.17) is 4.74 Å². The Morgan fingerprint density at radius 3 is 2.69 bits per heavy atom. The zero-order chi connectivity index (χ0) is 18.4. The van der Waals surface area contributed by atoms with Gasteiger partial charge in [-0.25, -0.2) is 0 Å². The van der Waals surface area contributed by atoms with Crippen molar-refractivity contribution in [1.82, 2.24) is 15.1 Å². The number of morpholine rings is 1. The van der Waals surface area contributed by atoms with Crippen molar-refractivity contribution in [2.75, 3.05) is 64.9 Å². The number of guanidine groups is 1. The molecule has 2 atom stereocenters. The number of nitrogens with zero attached hydrogens (tertiary/aromatic N) is 4. The van der Waals surface area contributed by atoms with Gasteiger partial charge in [0.15, 0.2) is 5.96 Å². The zero-order valence-corrected chi connectivity index (χ0v) is 16.4. The molecule has 0 radical (unpaired) electrons. The number of likely N-dealkylation sites (tertiary alicyclic amines) is 1. The molecule has 2 heterocycles. The molecule has 2 unspecified atom stereocenters. The van der Waals surface area contributed by atoms with Crippen LogP contribution in [0.25, 0.3) is 0 Å². The van der Waals surface area contributed by atoms with E-state index in [2.05, 4.69) is 69.3 Å². The van der Waals surface area contributed by atoms with E-state index < -0.39 is 0 Å². The van der Waals surface area contributed by atoms with E-state index in [1.54, 1.807) is 0 Å². The van der Waals surface area contributed by atoms with Crippen LogP contribution in [0.15, 0.2) is 35.3 Å². The van der Waals surface area contributed by atoms with Crippen molar-refractivity contribution in [3.8, 4) is 0 Å². The lowest BCUT2D eigenvalue weighted by molar-refractivity contribution is 0.0195. The highest BCUT2D eigenvalue weighted by Crippen LogP contribution is 2.17. The molecule has 1 aromatic rings. The molecule has 0 aromatic heterocycles. The van der Waals surface area contributed by atoms with Crippen LogP contribution in [0.1, 0.15) is 13.3 Å². The number of nitrogens with one attached hydrogen (secondary N) is 1. The number of aliphatic imine (C=N–C) groups is 1. The van der Waals surface area contributed by atoms with Crippen LogP contribution < -0.4 is 10.2 Å². The topological polar surface area (TPSA) is 43.3 Å². The fraction of sp³-hybridized carbons (Fsp3) is 0.650. The molecule has 0 saturated carbocycles. The molecule has 6 heteroatoms. The van der Waals surface area contributed by atoms with Crippen molar-refractivity contribution in [3.05, 3.63) is 30.3 Å². The maximum atomic E-state index is 5.48. The summed E-state index contributed by atoms with van der Waals surface area (Å²) in [5, 5.41) is 3.58. The first kappa shape index (κ1) is 19.0. The lowest BCUT2D eigenvalue weighted by atomic mass is 10.2. The normalized spacial score (nSPS) is 23.1. The van der Waals surface area contributed by atoms with Gasteiger partial charge in [-0.3, -0.25) is 9.89 Å². The average molecular weight is 360 g/mol. The van der Waals surface area contributed by atoms with Crippen molar-refractivity contribution in [2.45, 2.75) is 25.4 Å². The van der Waals surface area contributed by atoms with E-state index in [-0.39, 0.29) is 0 Å². The molecule has 2 fully saturated rings. The van der Waals surface area contributed by atoms with Gasteiger partial charge in [0.1, 0.15) is 0 Å². The largest absolute Gasteiger partial charge is 0.379 e. The fourth-order valence-electron chi connectivity index (χ4n) is 3.80. The van der Waals surface area contributed by atoms with Crippen molar-refractivity contribution in [1.29, 1.82) is 0 Å². The van der Waals surface area contributed by atoms with E-state index in [1.165, 1.54) is 12.1 Å². The van der Waals surface area contributed by atoms with Gasteiger partial charge in [0, 0.05) is 64.6 Å². The summed E-state index contributed by atoms with van der Waals surface area (Å²) >= 11 is 0. The van der Waals surface area contributed by atoms with Crippen molar-refractivity contribution < 1.29 is 4.74 Å². The van der Waals surface area contributed by atoms with Crippen LogP contribution in [0.2, 0.25) is 0 Å². The van der Waals surface area contributed by atoms with E-state index in [0.29, 0.717) is 12.1 Å². The van der Waals surface area contributed by atoms with Crippen LogP contribution in [-0.4, -0.2) is 87.9 Å². The number of rotatable bonds is 5. The zero-order valence-electron chi connectivity index (χ0n) is 16.4. The van der Waals surface area contributed by atoms with Gasteiger partial charge in [0.25, 0.3) is 0 Å². The van der Waals surface area contributed by atoms with Gasteiger partial charge in [-0.05, 0) is 25.5 Å². The summed E-state index contributed by atoms with van der Waals surface area (Å²) in [7, 11) is 4.03. The van der Waals surface area contributed by atoms with Gasteiger partial charge in [0.2, 0.25) is 0 Å². The molecule has 144 valence electrons. The number of ether oxygens (including phenoxy) is 1. The lowest BCUT2D eigenvalue weighted by Crippen LogP contribution is -2.48. The van der Waals surface area contributed by atoms with Gasteiger partial charge >= 0.3 is 0 Å². The number of likely N-dealkylation sites (N-methyl/N-ethyl adjacent to an activating group) is 1. The summed E-state index contributed by atoms with van der Waals surface area (Å²) in [4.78, 5) is 11.8. The molecule has 3 rings (SSSR count). The fourth-order valence-corrected chi connectivity index (χ4v) is 3.80. The highest BCUT2D eigenvalue weighted by Gasteiger charge is 2.30. The number of anilines is 1. The smallest absolute Gasteiger partial charge is 0.193 e. The molecule has 0 bridgehead atoms. The Morgan fingerprint density at radius 2 is 2.00 bits per heavy atom. The van der Waals surface area contributed by atoms with E-state index >= 15 is 0 Å². The highest BCUT2D eigenvalue weighted by atomic mass is 16.5. The predicted molar refractivity (Wildman–Crippen MR) is 108 cm³/mol. The highest BCUT2D eigenvalue weighted by molar-refractivity contribution is 5.80. The molecular weight excluding hydrogens is 326 g/mol. The second-order valence-electron chi connectivity index (χ2n) is 7.26. The summed E-state index contributed by atoms with van der Waals surface area (Å²) in [6, 6.07) is 11.5. The van der Waals surface area contributed by atoms with Crippen LogP contribution >= 0.6 is 0 Å². The summed E-state index contributed by atoms with van der Waals surface area (Å²) in [6.07, 6.45) is 1.21. The third-order valence-corrected chi connectivity index (χ3v) is 5.62. The number of hydrogen-bond acceptors (Lipinski definition) is 4. The number of para-hydroxylation sites is 1. The number of hydrogen-bond donors (Lipinski definition) is 1. The quantitative estimate of drug-likeness (QED) is 0.637. The first-order valence-corrected chi connectivity index (χ1v) is 9.74. The molecule has 2 aliphatic rings. The molecule has 0 aliphatic carbocycles. The minimum absolute atomic E-state index is 0.381. The molecule has 2 aliphatic heterocycles. The molecule has 0 amide bonds. The van der Waals surface area contributed by atoms with E-state index in [1.807, 2.05) is 7.05 Å². The maximum Gasteiger partial charge on any atom is 0.193 e. The molecule has 6 nitrogen and oxygen atoms in total. The van der Waals surface area contributed by atoms with Gasteiger partial charge in [-0.2, -0.15) is 0 Å². The standard InChI is InChI=1S/C20H33N5O/c1-17(23(3)18-7-5-4-6-8-18)15-22-20(21-2)25-10-9-19(16-25)24-11-13-26-14-12-24/h4-8,17,19H,9-16H2,1-3H3,(H,21,22). The van der Waals surface area contributed by atoms with Crippen molar-refractivity contribution in [2.24, 2.45) is 4.99 Å². The van der Waals surface area contributed by atoms with Gasteiger partial charge in [0.05, 0.1) is 13.2 Å². The second kappa shape index (κ2) is 9.24. The molecule has 26 heavy (non-hydrogen) atoms. The molecule has 1 aromatic carbocycles. The first-order valence-electron chi connectivity index (χ1n) is 9.74. The third kappa shape index (κ3) is 4.68. The number of benzene rings is 1. The molecule has 0 spiro atoms. The Bertz CT molecular complexity index is 573. The SMILES string of the molecule is CN=C(NCC(C)N(C)c1ccccc1)N1CCC(N2CCOCC2)C1. The summed E-state index contributed by atoms with van der Waals surface area (Å²) in [6.45, 7) is 9.10. The van der Waals surface area contributed by atoms with E-state index in [9.17, 15) is 0 Å².